The smallest absolute Gasteiger partial charge is 0.314 e. The molecule has 1 saturated carbocycles. The Morgan fingerprint density at radius 3 is 2.32 bits per heavy atom. The van der Waals surface area contributed by atoms with Crippen molar-refractivity contribution in [1.29, 1.82) is 0 Å². The maximum absolute atomic E-state index is 12.7. The highest BCUT2D eigenvalue weighted by Crippen LogP contribution is 2.51. The minimum absolute atomic E-state index is 0.187. The fraction of sp³-hybridized carbons (Fsp3) is 0.217. The third kappa shape index (κ3) is 2.89. The van der Waals surface area contributed by atoms with Crippen LogP contribution in [0.25, 0.3) is 10.8 Å². The van der Waals surface area contributed by atoms with Crippen LogP contribution < -0.4 is 9.47 Å². The van der Waals surface area contributed by atoms with E-state index in [0.29, 0.717) is 17.1 Å². The zero-order valence-electron chi connectivity index (χ0n) is 15.4. The number of carboxylic acids is 1. The molecule has 1 N–H and O–H groups in total. The van der Waals surface area contributed by atoms with Crippen molar-refractivity contribution >= 4 is 22.7 Å². The van der Waals surface area contributed by atoms with Crippen molar-refractivity contribution in [2.24, 2.45) is 5.92 Å². The lowest BCUT2D eigenvalue weighted by atomic mass is 9.58. The quantitative estimate of drug-likeness (QED) is 0.534. The summed E-state index contributed by atoms with van der Waals surface area (Å²) in [6.07, 6.45) is 0.374. The predicted molar refractivity (Wildman–Crippen MR) is 105 cm³/mol. The molecule has 3 aromatic rings. The van der Waals surface area contributed by atoms with Crippen LogP contribution in [0.15, 0.2) is 66.7 Å². The fourth-order valence-electron chi connectivity index (χ4n) is 3.97. The van der Waals surface area contributed by atoms with Gasteiger partial charge in [0.15, 0.2) is 0 Å². The zero-order chi connectivity index (χ0) is 19.7. The van der Waals surface area contributed by atoms with Gasteiger partial charge < -0.3 is 14.6 Å². The number of para-hydroxylation sites is 1. The standard InChI is InChI=1S/C23H20O5/c1-27-20-11-5-4-10-18(20)23(22(25)26)13-16(14-23)21(24)28-19-12-6-8-15-7-2-3-9-17(15)19/h2-12,16H,13-14H2,1H3,(H,25,26). The normalized spacial score (nSPS) is 21.0. The van der Waals surface area contributed by atoms with E-state index in [0.717, 1.165) is 10.8 Å². The highest BCUT2D eigenvalue weighted by molar-refractivity contribution is 5.92. The first-order valence-corrected chi connectivity index (χ1v) is 9.11. The number of ether oxygens (including phenoxy) is 2. The number of hydrogen-bond donors (Lipinski definition) is 1. The van der Waals surface area contributed by atoms with Crippen molar-refractivity contribution in [3.8, 4) is 11.5 Å². The summed E-state index contributed by atoms with van der Waals surface area (Å²) in [5.41, 5.74) is -0.533. The highest BCUT2D eigenvalue weighted by Gasteiger charge is 2.56. The number of esters is 1. The molecular formula is C23H20O5. The lowest BCUT2D eigenvalue weighted by molar-refractivity contribution is -0.156. The summed E-state index contributed by atoms with van der Waals surface area (Å²) in [5.74, 6) is -0.812. The molecule has 0 amide bonds. The molecule has 0 aliphatic heterocycles. The summed E-state index contributed by atoms with van der Waals surface area (Å²) < 4.78 is 11.0. The van der Waals surface area contributed by atoms with Crippen molar-refractivity contribution in [3.63, 3.8) is 0 Å². The molecular weight excluding hydrogens is 356 g/mol. The zero-order valence-corrected chi connectivity index (χ0v) is 15.4. The van der Waals surface area contributed by atoms with Crippen LogP contribution in [0.5, 0.6) is 11.5 Å². The first-order valence-electron chi connectivity index (χ1n) is 9.11. The molecule has 5 nitrogen and oxygen atoms in total. The topological polar surface area (TPSA) is 72.8 Å². The van der Waals surface area contributed by atoms with Gasteiger partial charge in [-0.1, -0.05) is 54.6 Å². The molecule has 0 atom stereocenters. The Hall–Kier alpha value is -3.34. The average molecular weight is 376 g/mol. The van der Waals surface area contributed by atoms with Crippen molar-refractivity contribution in [3.05, 3.63) is 72.3 Å². The van der Waals surface area contributed by atoms with E-state index in [1.807, 2.05) is 36.4 Å². The Labute approximate surface area is 162 Å². The molecule has 0 heterocycles. The Bertz CT molecular complexity index is 1040. The van der Waals surface area contributed by atoms with Gasteiger partial charge >= 0.3 is 11.9 Å². The van der Waals surface area contributed by atoms with Crippen LogP contribution in [0, 0.1) is 5.92 Å². The number of aliphatic carboxylic acids is 1. The number of fused-ring (bicyclic) bond motifs is 1. The second-order valence-electron chi connectivity index (χ2n) is 7.09. The Balaban J connectivity index is 1.56. The molecule has 0 bridgehead atoms. The van der Waals surface area contributed by atoms with Gasteiger partial charge in [0.25, 0.3) is 0 Å². The lowest BCUT2D eigenvalue weighted by Gasteiger charge is -2.43. The van der Waals surface area contributed by atoms with Crippen LogP contribution in [-0.4, -0.2) is 24.2 Å². The van der Waals surface area contributed by atoms with E-state index in [2.05, 4.69) is 0 Å². The monoisotopic (exact) mass is 376 g/mol. The van der Waals surface area contributed by atoms with E-state index >= 15 is 0 Å². The second-order valence-corrected chi connectivity index (χ2v) is 7.09. The van der Waals surface area contributed by atoms with Gasteiger partial charge in [-0.2, -0.15) is 0 Å². The predicted octanol–water partition coefficient (Wildman–Crippen LogP) is 4.19. The fourth-order valence-corrected chi connectivity index (χ4v) is 3.97. The summed E-state index contributed by atoms with van der Waals surface area (Å²) >= 11 is 0. The molecule has 0 saturated heterocycles. The number of carbonyl (C=O) groups excluding carboxylic acids is 1. The number of methoxy groups -OCH3 is 1. The SMILES string of the molecule is COc1ccccc1C1(C(=O)O)CC(C(=O)Oc2cccc3ccccc23)C1. The molecule has 0 spiro atoms. The van der Waals surface area contributed by atoms with Crippen LogP contribution in [0.2, 0.25) is 0 Å². The van der Waals surface area contributed by atoms with Gasteiger partial charge in [-0.15, -0.1) is 0 Å². The molecule has 3 aromatic carbocycles. The molecule has 1 aliphatic rings. The molecule has 28 heavy (non-hydrogen) atoms. The van der Waals surface area contributed by atoms with Crippen LogP contribution in [0.1, 0.15) is 18.4 Å². The van der Waals surface area contributed by atoms with E-state index in [1.54, 1.807) is 30.3 Å². The molecule has 0 radical (unpaired) electrons. The van der Waals surface area contributed by atoms with Gasteiger partial charge in [0.05, 0.1) is 18.4 Å². The van der Waals surface area contributed by atoms with Gasteiger partial charge in [0.2, 0.25) is 0 Å². The van der Waals surface area contributed by atoms with E-state index in [9.17, 15) is 14.7 Å². The Morgan fingerprint density at radius 2 is 1.57 bits per heavy atom. The van der Waals surface area contributed by atoms with Crippen molar-refractivity contribution in [2.75, 3.05) is 7.11 Å². The maximum atomic E-state index is 12.7. The number of carbonyl (C=O) groups is 2. The maximum Gasteiger partial charge on any atom is 0.314 e. The van der Waals surface area contributed by atoms with Gasteiger partial charge in [0, 0.05) is 10.9 Å². The summed E-state index contributed by atoms with van der Waals surface area (Å²) in [5, 5.41) is 11.7. The summed E-state index contributed by atoms with van der Waals surface area (Å²) in [6.45, 7) is 0. The molecule has 5 heteroatoms. The average Bonchev–Trinajstić information content (AvgIpc) is 2.67. The van der Waals surface area contributed by atoms with Crippen molar-refractivity contribution in [1.82, 2.24) is 0 Å². The molecule has 4 rings (SSSR count). The minimum atomic E-state index is -1.13. The van der Waals surface area contributed by atoms with Gasteiger partial charge in [-0.3, -0.25) is 9.59 Å². The van der Waals surface area contributed by atoms with Gasteiger partial charge in [-0.25, -0.2) is 0 Å². The molecule has 0 unspecified atom stereocenters. The number of benzene rings is 3. The Morgan fingerprint density at radius 1 is 0.929 bits per heavy atom. The van der Waals surface area contributed by atoms with Crippen molar-refractivity contribution < 1.29 is 24.2 Å². The summed E-state index contributed by atoms with van der Waals surface area (Å²) in [6, 6.07) is 20.3. The third-order valence-corrected chi connectivity index (χ3v) is 5.52. The van der Waals surface area contributed by atoms with Gasteiger partial charge in [-0.05, 0) is 30.4 Å². The molecule has 1 fully saturated rings. The van der Waals surface area contributed by atoms with Crippen LogP contribution >= 0.6 is 0 Å². The van der Waals surface area contributed by atoms with E-state index in [1.165, 1.54) is 7.11 Å². The first kappa shape index (κ1) is 18.0. The summed E-state index contributed by atoms with van der Waals surface area (Å²) in [4.78, 5) is 24.8. The van der Waals surface area contributed by atoms with E-state index < -0.39 is 23.3 Å². The van der Waals surface area contributed by atoms with E-state index in [-0.39, 0.29) is 12.8 Å². The molecule has 0 aromatic heterocycles. The van der Waals surface area contributed by atoms with Crippen LogP contribution in [0.3, 0.4) is 0 Å². The number of hydrogen-bond acceptors (Lipinski definition) is 4. The second kappa shape index (κ2) is 7.00. The van der Waals surface area contributed by atoms with Crippen LogP contribution in [0.4, 0.5) is 0 Å². The molecule has 142 valence electrons. The van der Waals surface area contributed by atoms with E-state index in [4.69, 9.17) is 9.47 Å². The third-order valence-electron chi connectivity index (χ3n) is 5.52. The van der Waals surface area contributed by atoms with Gasteiger partial charge in [0.1, 0.15) is 11.5 Å². The lowest BCUT2D eigenvalue weighted by Crippen LogP contribution is -2.51. The Kier molecular flexibility index (Phi) is 4.51. The van der Waals surface area contributed by atoms with Crippen LogP contribution in [-0.2, 0) is 15.0 Å². The minimum Gasteiger partial charge on any atom is -0.496 e. The number of carboxylic acid groups (broad SMARTS) is 1. The largest absolute Gasteiger partial charge is 0.496 e. The summed E-state index contributed by atoms with van der Waals surface area (Å²) in [7, 11) is 1.51. The first-order chi connectivity index (χ1) is 13.5. The molecule has 1 aliphatic carbocycles. The number of rotatable bonds is 5. The van der Waals surface area contributed by atoms with Crippen molar-refractivity contribution in [2.45, 2.75) is 18.3 Å². The highest BCUT2D eigenvalue weighted by atomic mass is 16.5.